The van der Waals surface area contributed by atoms with Gasteiger partial charge in [-0.25, -0.2) is 8.42 Å². The maximum atomic E-state index is 12.5. The molecular weight excluding hydrogens is 396 g/mol. The van der Waals surface area contributed by atoms with Crippen molar-refractivity contribution in [3.05, 3.63) is 53.1 Å². The summed E-state index contributed by atoms with van der Waals surface area (Å²) in [4.78, 5) is 23.6. The minimum atomic E-state index is -3.92. The van der Waals surface area contributed by atoms with Gasteiger partial charge in [0, 0.05) is 18.1 Å². The van der Waals surface area contributed by atoms with E-state index in [2.05, 4.69) is 0 Å². The largest absolute Gasteiger partial charge is 0.497 e. The lowest BCUT2D eigenvalue weighted by atomic mass is 10.2. The Balaban J connectivity index is 2.18. The Morgan fingerprint density at radius 1 is 1.15 bits per heavy atom. The first-order chi connectivity index (χ1) is 12.6. The molecule has 2 aromatic rings. The van der Waals surface area contributed by atoms with Gasteiger partial charge in [0.15, 0.2) is 0 Å². The first kappa shape index (κ1) is 20.7. The number of hydrogen-bond donors (Lipinski definition) is 1. The fraction of sp³-hybridized carbons (Fsp3) is 0.176. The van der Waals surface area contributed by atoms with E-state index in [0.717, 1.165) is 4.31 Å². The van der Waals surface area contributed by atoms with Crippen molar-refractivity contribution in [1.82, 2.24) is 4.31 Å². The highest BCUT2D eigenvalue weighted by molar-refractivity contribution is 7.89. The summed E-state index contributed by atoms with van der Waals surface area (Å²) >= 11 is 5.75. The smallest absolute Gasteiger partial charge is 0.326 e. The highest BCUT2D eigenvalue weighted by atomic mass is 35.5. The Hall–Kier alpha value is -2.62. The van der Waals surface area contributed by atoms with Gasteiger partial charge >= 0.3 is 5.97 Å². The number of methoxy groups -OCH3 is 1. The summed E-state index contributed by atoms with van der Waals surface area (Å²) in [6, 6.07) is 9.64. The molecule has 144 valence electrons. The molecule has 27 heavy (non-hydrogen) atoms. The molecule has 0 aliphatic carbocycles. The Bertz CT molecular complexity index is 960. The molecule has 8 nitrogen and oxygen atoms in total. The first-order valence-corrected chi connectivity index (χ1v) is 9.37. The molecule has 0 aromatic heterocycles. The molecule has 0 aliphatic heterocycles. The lowest BCUT2D eigenvalue weighted by molar-refractivity contribution is -0.134. The van der Waals surface area contributed by atoms with E-state index >= 15 is 0 Å². The summed E-state index contributed by atoms with van der Waals surface area (Å²) in [6.07, 6.45) is 0. The number of rotatable bonds is 7. The number of nitrogens with zero attached hydrogens (tertiary/aromatic N) is 1. The third-order valence-corrected chi connectivity index (χ3v) is 5.62. The van der Waals surface area contributed by atoms with Gasteiger partial charge in [-0.2, -0.15) is 4.31 Å². The number of esters is 1. The van der Waals surface area contributed by atoms with Crippen molar-refractivity contribution in [2.45, 2.75) is 4.90 Å². The fourth-order valence-corrected chi connectivity index (χ4v) is 3.37. The molecular formula is C17H17ClN2O6S. The summed E-state index contributed by atoms with van der Waals surface area (Å²) in [7, 11) is -1.30. The Labute approximate surface area is 161 Å². The standard InChI is InChI=1S/C17H17ClN2O6S/c1-20(27(23,24)13-6-3-11(18)4-7-13)10-16(21)26-15-9-12(25-2)5-8-14(15)17(19)22/h3-9H,10H2,1-2H3,(H2,19,22). The summed E-state index contributed by atoms with van der Waals surface area (Å²) in [5.74, 6) is -1.48. The van der Waals surface area contributed by atoms with Gasteiger partial charge in [0.05, 0.1) is 17.6 Å². The van der Waals surface area contributed by atoms with E-state index in [0.29, 0.717) is 10.8 Å². The van der Waals surface area contributed by atoms with Crippen molar-refractivity contribution >= 4 is 33.5 Å². The minimum absolute atomic E-state index is 0.0265. The van der Waals surface area contributed by atoms with Crippen LogP contribution in [0.1, 0.15) is 10.4 Å². The van der Waals surface area contributed by atoms with Crippen molar-refractivity contribution in [3.8, 4) is 11.5 Å². The second kappa shape index (κ2) is 8.38. The number of halogens is 1. The van der Waals surface area contributed by atoms with Crippen molar-refractivity contribution in [2.75, 3.05) is 20.7 Å². The third kappa shape index (κ3) is 4.97. The Morgan fingerprint density at radius 3 is 2.33 bits per heavy atom. The zero-order valence-corrected chi connectivity index (χ0v) is 16.1. The molecule has 0 atom stereocenters. The molecule has 0 unspecified atom stereocenters. The lowest BCUT2D eigenvalue weighted by Crippen LogP contribution is -2.34. The number of primary amides is 1. The number of nitrogens with two attached hydrogens (primary N) is 1. The first-order valence-electron chi connectivity index (χ1n) is 7.55. The zero-order chi connectivity index (χ0) is 20.2. The predicted molar refractivity (Wildman–Crippen MR) is 98.4 cm³/mol. The van der Waals surface area contributed by atoms with Crippen LogP contribution in [0.15, 0.2) is 47.4 Å². The summed E-state index contributed by atoms with van der Waals surface area (Å²) in [5, 5.41) is 0.382. The van der Waals surface area contributed by atoms with Gasteiger partial charge in [-0.15, -0.1) is 0 Å². The number of sulfonamides is 1. The van der Waals surface area contributed by atoms with Gasteiger partial charge < -0.3 is 15.2 Å². The van der Waals surface area contributed by atoms with Crippen molar-refractivity contribution in [1.29, 1.82) is 0 Å². The van der Waals surface area contributed by atoms with E-state index in [-0.39, 0.29) is 16.2 Å². The van der Waals surface area contributed by atoms with Crippen molar-refractivity contribution in [2.24, 2.45) is 5.73 Å². The average molecular weight is 413 g/mol. The molecule has 0 saturated heterocycles. The summed E-state index contributed by atoms with van der Waals surface area (Å²) in [5.41, 5.74) is 5.22. The highest BCUT2D eigenvalue weighted by Gasteiger charge is 2.24. The number of carbonyl (C=O) groups is 2. The number of likely N-dealkylation sites (N-methyl/N-ethyl adjacent to an activating group) is 1. The minimum Gasteiger partial charge on any atom is -0.497 e. The molecule has 0 spiro atoms. The van der Waals surface area contributed by atoms with Crippen LogP contribution >= 0.6 is 11.6 Å². The quantitative estimate of drug-likeness (QED) is 0.546. The van der Waals surface area contributed by atoms with Crippen LogP contribution in [0.5, 0.6) is 11.5 Å². The number of carbonyl (C=O) groups excluding carboxylic acids is 2. The molecule has 2 rings (SSSR count). The third-order valence-electron chi connectivity index (χ3n) is 3.55. The molecule has 2 aromatic carbocycles. The zero-order valence-electron chi connectivity index (χ0n) is 14.5. The molecule has 0 radical (unpaired) electrons. The molecule has 1 amide bonds. The normalized spacial score (nSPS) is 11.3. The molecule has 0 saturated carbocycles. The van der Waals surface area contributed by atoms with Crippen LogP contribution in [0.2, 0.25) is 5.02 Å². The van der Waals surface area contributed by atoms with E-state index in [4.69, 9.17) is 26.8 Å². The van der Waals surface area contributed by atoms with E-state index in [9.17, 15) is 18.0 Å². The van der Waals surface area contributed by atoms with Crippen LogP contribution < -0.4 is 15.2 Å². The number of hydrogen-bond acceptors (Lipinski definition) is 6. The van der Waals surface area contributed by atoms with Crippen LogP contribution in [0, 0.1) is 0 Å². The second-order valence-corrected chi connectivity index (χ2v) is 7.90. The monoisotopic (exact) mass is 412 g/mol. The van der Waals surface area contributed by atoms with Crippen molar-refractivity contribution in [3.63, 3.8) is 0 Å². The van der Waals surface area contributed by atoms with Crippen LogP contribution in [-0.2, 0) is 14.8 Å². The number of amides is 1. The number of ether oxygens (including phenoxy) is 2. The number of benzene rings is 2. The van der Waals surface area contributed by atoms with Gasteiger partial charge in [-0.1, -0.05) is 11.6 Å². The molecule has 0 aliphatic rings. The van der Waals surface area contributed by atoms with Gasteiger partial charge in [-0.3, -0.25) is 9.59 Å². The van der Waals surface area contributed by atoms with Gasteiger partial charge in [-0.05, 0) is 36.4 Å². The predicted octanol–water partition coefficient (Wildman–Crippen LogP) is 1.67. The highest BCUT2D eigenvalue weighted by Crippen LogP contribution is 2.25. The van der Waals surface area contributed by atoms with E-state index in [1.54, 1.807) is 0 Å². The van der Waals surface area contributed by atoms with Crippen LogP contribution in [-0.4, -0.2) is 45.3 Å². The van der Waals surface area contributed by atoms with Crippen LogP contribution in [0.25, 0.3) is 0 Å². The second-order valence-electron chi connectivity index (χ2n) is 5.42. The summed E-state index contributed by atoms with van der Waals surface area (Å²) < 4.78 is 35.9. The fourth-order valence-electron chi connectivity index (χ4n) is 2.13. The molecule has 0 heterocycles. The Kier molecular flexibility index (Phi) is 6.42. The average Bonchev–Trinajstić information content (AvgIpc) is 2.61. The van der Waals surface area contributed by atoms with E-state index in [1.807, 2.05) is 0 Å². The molecule has 10 heteroatoms. The summed E-state index contributed by atoms with van der Waals surface area (Å²) in [6.45, 7) is -0.583. The van der Waals surface area contributed by atoms with E-state index < -0.39 is 28.4 Å². The van der Waals surface area contributed by atoms with Crippen molar-refractivity contribution < 1.29 is 27.5 Å². The van der Waals surface area contributed by atoms with Crippen LogP contribution in [0.3, 0.4) is 0 Å². The topological polar surface area (TPSA) is 116 Å². The van der Waals surface area contributed by atoms with Crippen LogP contribution in [0.4, 0.5) is 0 Å². The maximum absolute atomic E-state index is 12.5. The Morgan fingerprint density at radius 2 is 1.78 bits per heavy atom. The molecule has 2 N–H and O–H groups in total. The van der Waals surface area contributed by atoms with Gasteiger partial charge in [0.2, 0.25) is 10.0 Å². The maximum Gasteiger partial charge on any atom is 0.326 e. The molecule has 0 bridgehead atoms. The lowest BCUT2D eigenvalue weighted by Gasteiger charge is -2.17. The molecule has 0 fully saturated rings. The van der Waals surface area contributed by atoms with Gasteiger partial charge in [0.1, 0.15) is 18.0 Å². The SMILES string of the molecule is COc1ccc(C(N)=O)c(OC(=O)CN(C)S(=O)(=O)c2ccc(Cl)cc2)c1. The van der Waals surface area contributed by atoms with Gasteiger partial charge in [0.25, 0.3) is 5.91 Å². The van der Waals surface area contributed by atoms with E-state index in [1.165, 1.54) is 56.6 Å².